The van der Waals surface area contributed by atoms with E-state index in [-0.39, 0.29) is 5.91 Å². The molecule has 0 aliphatic heterocycles. The zero-order chi connectivity index (χ0) is 15.7. The monoisotopic (exact) mass is 292 g/mol. The normalized spacial score (nSPS) is 11.0. The Morgan fingerprint density at radius 3 is 2.81 bits per heavy atom. The quantitative estimate of drug-likeness (QED) is 0.686. The minimum Gasteiger partial charge on any atom is -0.369 e. The Kier molecular flexibility index (Phi) is 7.75. The average Bonchev–Trinajstić information content (AvgIpc) is 2.49. The van der Waals surface area contributed by atoms with Crippen LogP contribution in [0.3, 0.4) is 0 Å². The van der Waals surface area contributed by atoms with Gasteiger partial charge in [-0.1, -0.05) is 6.92 Å². The lowest BCUT2D eigenvalue weighted by atomic mass is 10.2. The van der Waals surface area contributed by atoms with Crippen molar-refractivity contribution in [1.82, 2.24) is 15.2 Å². The van der Waals surface area contributed by atoms with Crippen molar-refractivity contribution in [1.29, 1.82) is 0 Å². The highest BCUT2D eigenvalue weighted by Crippen LogP contribution is 2.11. The van der Waals surface area contributed by atoms with Crippen molar-refractivity contribution in [2.75, 3.05) is 32.0 Å². The number of aromatic nitrogens is 1. The lowest BCUT2D eigenvalue weighted by Gasteiger charge is -2.20. The second-order valence-electron chi connectivity index (χ2n) is 5.51. The highest BCUT2D eigenvalue weighted by molar-refractivity contribution is 5.98. The molecule has 0 fully saturated rings. The molecule has 2 N–H and O–H groups in total. The molecule has 0 saturated carbocycles. The van der Waals surface area contributed by atoms with E-state index in [1.165, 1.54) is 0 Å². The summed E-state index contributed by atoms with van der Waals surface area (Å²) >= 11 is 0. The number of hydrogen-bond acceptors (Lipinski definition) is 4. The van der Waals surface area contributed by atoms with Gasteiger partial charge in [-0.15, -0.1) is 0 Å². The van der Waals surface area contributed by atoms with Crippen LogP contribution in [-0.2, 0) is 0 Å². The van der Waals surface area contributed by atoms with Crippen LogP contribution in [0.5, 0.6) is 0 Å². The van der Waals surface area contributed by atoms with E-state index in [4.69, 9.17) is 0 Å². The third-order valence-corrected chi connectivity index (χ3v) is 3.45. The number of amides is 1. The Bertz CT molecular complexity index is 434. The minimum atomic E-state index is -0.0612. The number of nitrogens with one attached hydrogen (secondary N) is 2. The first-order chi connectivity index (χ1) is 10.1. The van der Waals surface area contributed by atoms with Gasteiger partial charge in [-0.25, -0.2) is 4.98 Å². The van der Waals surface area contributed by atoms with Crippen LogP contribution < -0.4 is 10.6 Å². The summed E-state index contributed by atoms with van der Waals surface area (Å²) in [5, 5.41) is 6.15. The maximum Gasteiger partial charge on any atom is 0.255 e. The molecular formula is C16H28N4O. The van der Waals surface area contributed by atoms with Crippen LogP contribution in [0.4, 0.5) is 5.82 Å². The number of carbonyl (C=O) groups is 1. The lowest BCUT2D eigenvalue weighted by molar-refractivity contribution is 0.0952. The first-order valence-electron chi connectivity index (χ1n) is 7.73. The molecule has 1 aromatic rings. The molecule has 118 valence electrons. The predicted octanol–water partition coefficient (Wildman–Crippen LogP) is 2.36. The summed E-state index contributed by atoms with van der Waals surface area (Å²) in [4.78, 5) is 18.7. The summed E-state index contributed by atoms with van der Waals surface area (Å²) in [5.74, 6) is 0.602. The van der Waals surface area contributed by atoms with Gasteiger partial charge in [0.2, 0.25) is 0 Å². The van der Waals surface area contributed by atoms with Crippen LogP contribution in [0, 0.1) is 0 Å². The molecule has 0 bridgehead atoms. The fraction of sp³-hybridized carbons (Fsp3) is 0.625. The molecule has 5 nitrogen and oxygen atoms in total. The molecule has 0 saturated heterocycles. The standard InChI is InChI=1S/C16H28N4O/c1-5-9-17-15-14(8-6-10-18-15)16(21)19-11-7-12-20(4)13(2)3/h6,8,10,13H,5,7,9,11-12H2,1-4H3,(H,17,18)(H,19,21). The number of nitrogens with zero attached hydrogens (tertiary/aromatic N) is 2. The van der Waals surface area contributed by atoms with Gasteiger partial charge in [-0.3, -0.25) is 4.79 Å². The Labute approximate surface area is 128 Å². The van der Waals surface area contributed by atoms with Crippen LogP contribution in [-0.4, -0.2) is 48.5 Å². The molecular weight excluding hydrogens is 264 g/mol. The highest BCUT2D eigenvalue weighted by atomic mass is 16.1. The SMILES string of the molecule is CCCNc1ncccc1C(=O)NCCCN(C)C(C)C. The van der Waals surface area contributed by atoms with Gasteiger partial charge in [0.15, 0.2) is 0 Å². The summed E-state index contributed by atoms with van der Waals surface area (Å²) < 4.78 is 0. The number of rotatable bonds is 9. The minimum absolute atomic E-state index is 0.0612. The zero-order valence-electron chi connectivity index (χ0n) is 13.6. The van der Waals surface area contributed by atoms with Crippen LogP contribution >= 0.6 is 0 Å². The lowest BCUT2D eigenvalue weighted by Crippen LogP contribution is -2.31. The zero-order valence-corrected chi connectivity index (χ0v) is 13.6. The Morgan fingerprint density at radius 2 is 2.14 bits per heavy atom. The van der Waals surface area contributed by atoms with Crippen LogP contribution in [0.2, 0.25) is 0 Å². The van der Waals surface area contributed by atoms with E-state index < -0.39 is 0 Å². The van der Waals surface area contributed by atoms with E-state index in [0.29, 0.717) is 24.0 Å². The molecule has 0 aliphatic rings. The summed E-state index contributed by atoms with van der Waals surface area (Å²) in [5.41, 5.74) is 0.614. The topological polar surface area (TPSA) is 57.3 Å². The van der Waals surface area contributed by atoms with Gasteiger partial charge in [0.05, 0.1) is 5.56 Å². The van der Waals surface area contributed by atoms with Gasteiger partial charge < -0.3 is 15.5 Å². The van der Waals surface area contributed by atoms with Gasteiger partial charge in [0, 0.05) is 25.3 Å². The smallest absolute Gasteiger partial charge is 0.255 e. The molecule has 0 aliphatic carbocycles. The molecule has 1 amide bonds. The Balaban J connectivity index is 2.45. The first-order valence-corrected chi connectivity index (χ1v) is 7.73. The molecule has 0 atom stereocenters. The van der Waals surface area contributed by atoms with E-state index >= 15 is 0 Å². The third-order valence-electron chi connectivity index (χ3n) is 3.45. The third kappa shape index (κ3) is 6.12. The van der Waals surface area contributed by atoms with E-state index in [1.807, 2.05) is 0 Å². The van der Waals surface area contributed by atoms with E-state index in [9.17, 15) is 4.79 Å². The second-order valence-corrected chi connectivity index (χ2v) is 5.51. The summed E-state index contributed by atoms with van der Waals surface area (Å²) in [6.45, 7) is 8.89. The molecule has 1 rings (SSSR count). The molecule has 1 heterocycles. The molecule has 21 heavy (non-hydrogen) atoms. The van der Waals surface area contributed by atoms with Crippen molar-refractivity contribution < 1.29 is 4.79 Å². The first kappa shape index (κ1) is 17.4. The fourth-order valence-electron chi connectivity index (χ4n) is 1.86. The van der Waals surface area contributed by atoms with Gasteiger partial charge in [-0.05, 0) is 52.4 Å². The number of hydrogen-bond donors (Lipinski definition) is 2. The van der Waals surface area contributed by atoms with Gasteiger partial charge in [0.1, 0.15) is 5.82 Å². The van der Waals surface area contributed by atoms with Crippen molar-refractivity contribution in [3.63, 3.8) is 0 Å². The predicted molar refractivity (Wildman–Crippen MR) is 87.7 cm³/mol. The second kappa shape index (κ2) is 9.34. The van der Waals surface area contributed by atoms with Crippen molar-refractivity contribution >= 4 is 11.7 Å². The molecule has 0 radical (unpaired) electrons. The van der Waals surface area contributed by atoms with E-state index in [1.54, 1.807) is 18.3 Å². The summed E-state index contributed by atoms with van der Waals surface area (Å²) in [7, 11) is 2.10. The highest BCUT2D eigenvalue weighted by Gasteiger charge is 2.11. The van der Waals surface area contributed by atoms with Crippen LogP contribution in [0.15, 0.2) is 18.3 Å². The largest absolute Gasteiger partial charge is 0.369 e. The van der Waals surface area contributed by atoms with Gasteiger partial charge in [-0.2, -0.15) is 0 Å². The van der Waals surface area contributed by atoms with Crippen molar-refractivity contribution in [2.45, 2.75) is 39.7 Å². The number of anilines is 1. The van der Waals surface area contributed by atoms with Crippen molar-refractivity contribution in [2.24, 2.45) is 0 Å². The maximum absolute atomic E-state index is 12.2. The van der Waals surface area contributed by atoms with Crippen LogP contribution in [0.25, 0.3) is 0 Å². The summed E-state index contributed by atoms with van der Waals surface area (Å²) in [6, 6.07) is 4.13. The molecule has 0 unspecified atom stereocenters. The van der Waals surface area contributed by atoms with Gasteiger partial charge >= 0.3 is 0 Å². The molecule has 0 spiro atoms. The van der Waals surface area contributed by atoms with E-state index in [2.05, 4.69) is 48.3 Å². The Hall–Kier alpha value is -1.62. The fourth-order valence-corrected chi connectivity index (χ4v) is 1.86. The average molecular weight is 292 g/mol. The summed E-state index contributed by atoms with van der Waals surface area (Å²) in [6.07, 6.45) is 3.64. The Morgan fingerprint density at radius 1 is 1.38 bits per heavy atom. The van der Waals surface area contributed by atoms with Crippen LogP contribution in [0.1, 0.15) is 44.0 Å². The number of pyridine rings is 1. The van der Waals surface area contributed by atoms with Crippen molar-refractivity contribution in [3.8, 4) is 0 Å². The van der Waals surface area contributed by atoms with Crippen molar-refractivity contribution in [3.05, 3.63) is 23.9 Å². The maximum atomic E-state index is 12.2. The van der Waals surface area contributed by atoms with E-state index in [0.717, 1.165) is 25.9 Å². The molecule has 5 heteroatoms. The molecule has 1 aromatic heterocycles. The van der Waals surface area contributed by atoms with Gasteiger partial charge in [0.25, 0.3) is 5.91 Å². The molecule has 0 aromatic carbocycles. The number of carbonyl (C=O) groups excluding carboxylic acids is 1.